The topological polar surface area (TPSA) is 42.1 Å². The average Bonchev–Trinajstić information content (AvgIpc) is 2.50. The first-order valence-corrected chi connectivity index (χ1v) is 6.74. The summed E-state index contributed by atoms with van der Waals surface area (Å²) in [6, 6.07) is 14.3. The first-order chi connectivity index (χ1) is 10.1. The molecule has 4 heteroatoms. The number of nitrogen functional groups attached to an aromatic ring is 1. The van der Waals surface area contributed by atoms with E-state index in [0.29, 0.717) is 6.54 Å². The number of hydrogen-bond donors (Lipinski definition) is 1. The molecule has 0 spiro atoms. The van der Waals surface area contributed by atoms with Crippen molar-refractivity contribution in [2.75, 3.05) is 17.7 Å². The van der Waals surface area contributed by atoms with Gasteiger partial charge in [-0.05, 0) is 42.0 Å². The highest BCUT2D eigenvalue weighted by atomic mass is 19.1. The number of benzene rings is 2. The second-order valence-electron chi connectivity index (χ2n) is 5.05. The molecule has 0 aliphatic heterocycles. The summed E-state index contributed by atoms with van der Waals surface area (Å²) in [6.07, 6.45) is 1.76. The lowest BCUT2D eigenvalue weighted by molar-refractivity contribution is 0.627. The van der Waals surface area contributed by atoms with Crippen molar-refractivity contribution in [1.29, 1.82) is 0 Å². The van der Waals surface area contributed by atoms with E-state index in [1.54, 1.807) is 12.3 Å². The molecule has 106 valence electrons. The molecule has 0 radical (unpaired) electrons. The lowest BCUT2D eigenvalue weighted by atomic mass is 10.1. The summed E-state index contributed by atoms with van der Waals surface area (Å²) in [7, 11) is 1.93. The minimum atomic E-state index is -0.236. The number of nitrogens with zero attached hydrogens (tertiary/aromatic N) is 2. The third-order valence-corrected chi connectivity index (χ3v) is 3.54. The molecule has 3 rings (SSSR count). The first kappa shape index (κ1) is 13.4. The second-order valence-corrected chi connectivity index (χ2v) is 5.05. The van der Waals surface area contributed by atoms with Crippen molar-refractivity contribution in [2.45, 2.75) is 6.54 Å². The molecule has 0 saturated heterocycles. The molecule has 21 heavy (non-hydrogen) atoms. The standard InChI is InChI=1S/C17H16FN3/c1-21(14-5-2-4-13(18)10-14)11-12-7-8-16(19)15-6-3-9-20-17(12)15/h2-10H,11,19H2,1H3. The van der Waals surface area contributed by atoms with Crippen molar-refractivity contribution in [3.05, 3.63) is 66.1 Å². The number of anilines is 2. The zero-order chi connectivity index (χ0) is 14.8. The fourth-order valence-corrected chi connectivity index (χ4v) is 2.44. The fraction of sp³-hybridized carbons (Fsp3) is 0.118. The first-order valence-electron chi connectivity index (χ1n) is 6.74. The van der Waals surface area contributed by atoms with E-state index < -0.39 is 0 Å². The molecule has 2 N–H and O–H groups in total. The van der Waals surface area contributed by atoms with Gasteiger partial charge in [0.1, 0.15) is 5.82 Å². The van der Waals surface area contributed by atoms with Gasteiger partial charge in [-0.15, -0.1) is 0 Å². The molecule has 2 aromatic carbocycles. The third-order valence-electron chi connectivity index (χ3n) is 3.54. The van der Waals surface area contributed by atoms with Gasteiger partial charge in [0.15, 0.2) is 0 Å². The number of nitrogens with two attached hydrogens (primary N) is 1. The van der Waals surface area contributed by atoms with Crippen LogP contribution >= 0.6 is 0 Å². The van der Waals surface area contributed by atoms with Crippen molar-refractivity contribution in [3.63, 3.8) is 0 Å². The van der Waals surface area contributed by atoms with Gasteiger partial charge < -0.3 is 10.6 Å². The highest BCUT2D eigenvalue weighted by Gasteiger charge is 2.08. The summed E-state index contributed by atoms with van der Waals surface area (Å²) in [5, 5.41) is 0.947. The van der Waals surface area contributed by atoms with E-state index in [2.05, 4.69) is 4.98 Å². The number of hydrogen-bond acceptors (Lipinski definition) is 3. The highest BCUT2D eigenvalue weighted by Crippen LogP contribution is 2.25. The number of aromatic nitrogens is 1. The van der Waals surface area contributed by atoms with Crippen LogP contribution in [0.15, 0.2) is 54.7 Å². The molecule has 1 heterocycles. The maximum atomic E-state index is 13.3. The average molecular weight is 281 g/mol. The van der Waals surface area contributed by atoms with Gasteiger partial charge in [0.2, 0.25) is 0 Å². The minimum absolute atomic E-state index is 0.236. The SMILES string of the molecule is CN(Cc1ccc(N)c2cccnc12)c1cccc(F)c1. The van der Waals surface area contributed by atoms with Crippen LogP contribution in [0.25, 0.3) is 10.9 Å². The van der Waals surface area contributed by atoms with Gasteiger partial charge in [-0.3, -0.25) is 4.98 Å². The molecule has 3 nitrogen and oxygen atoms in total. The largest absolute Gasteiger partial charge is 0.398 e. The van der Waals surface area contributed by atoms with Gasteiger partial charge in [0.05, 0.1) is 5.52 Å². The van der Waals surface area contributed by atoms with Crippen LogP contribution in [0, 0.1) is 5.82 Å². The smallest absolute Gasteiger partial charge is 0.125 e. The van der Waals surface area contributed by atoms with E-state index in [1.165, 1.54) is 12.1 Å². The molecule has 0 amide bonds. The summed E-state index contributed by atoms with van der Waals surface area (Å²) in [4.78, 5) is 6.41. The zero-order valence-electron chi connectivity index (χ0n) is 11.8. The van der Waals surface area contributed by atoms with Crippen molar-refractivity contribution in [1.82, 2.24) is 4.98 Å². The summed E-state index contributed by atoms with van der Waals surface area (Å²) >= 11 is 0. The number of fused-ring (bicyclic) bond motifs is 1. The van der Waals surface area contributed by atoms with Gasteiger partial charge in [-0.2, -0.15) is 0 Å². The van der Waals surface area contributed by atoms with Crippen LogP contribution in [0.3, 0.4) is 0 Å². The molecule has 0 bridgehead atoms. The Hall–Kier alpha value is -2.62. The van der Waals surface area contributed by atoms with Crippen molar-refractivity contribution >= 4 is 22.3 Å². The van der Waals surface area contributed by atoms with Crippen LogP contribution in [-0.2, 0) is 6.54 Å². The Morgan fingerprint density at radius 3 is 2.81 bits per heavy atom. The van der Waals surface area contributed by atoms with Gasteiger partial charge in [-0.25, -0.2) is 4.39 Å². The summed E-state index contributed by atoms with van der Waals surface area (Å²) in [5.74, 6) is -0.236. The van der Waals surface area contributed by atoms with Crippen LogP contribution < -0.4 is 10.6 Å². The lowest BCUT2D eigenvalue weighted by Gasteiger charge is -2.20. The minimum Gasteiger partial charge on any atom is -0.398 e. The number of rotatable bonds is 3. The van der Waals surface area contributed by atoms with E-state index in [4.69, 9.17) is 5.73 Å². The van der Waals surface area contributed by atoms with Crippen LogP contribution in [0.1, 0.15) is 5.56 Å². The second kappa shape index (κ2) is 5.40. The maximum Gasteiger partial charge on any atom is 0.125 e. The van der Waals surface area contributed by atoms with Gasteiger partial charge in [-0.1, -0.05) is 12.1 Å². The molecular weight excluding hydrogens is 265 g/mol. The fourth-order valence-electron chi connectivity index (χ4n) is 2.44. The zero-order valence-corrected chi connectivity index (χ0v) is 11.8. The van der Waals surface area contributed by atoms with Crippen molar-refractivity contribution in [3.8, 4) is 0 Å². The highest BCUT2D eigenvalue weighted by molar-refractivity contribution is 5.92. The lowest BCUT2D eigenvalue weighted by Crippen LogP contribution is -2.17. The Labute approximate surface area is 122 Å². The van der Waals surface area contributed by atoms with Crippen molar-refractivity contribution < 1.29 is 4.39 Å². The van der Waals surface area contributed by atoms with E-state index >= 15 is 0 Å². The number of pyridine rings is 1. The Morgan fingerprint density at radius 2 is 2.00 bits per heavy atom. The molecule has 3 aromatic rings. The van der Waals surface area contributed by atoms with Crippen LogP contribution in [0.2, 0.25) is 0 Å². The molecule has 0 aliphatic rings. The maximum absolute atomic E-state index is 13.3. The Morgan fingerprint density at radius 1 is 1.14 bits per heavy atom. The van der Waals surface area contributed by atoms with Gasteiger partial charge in [0.25, 0.3) is 0 Å². The van der Waals surface area contributed by atoms with E-state index in [0.717, 1.165) is 27.8 Å². The van der Waals surface area contributed by atoms with Gasteiger partial charge in [0, 0.05) is 36.6 Å². The summed E-state index contributed by atoms with van der Waals surface area (Å²) < 4.78 is 13.3. The monoisotopic (exact) mass is 281 g/mol. The van der Waals surface area contributed by atoms with Crippen LogP contribution in [0.4, 0.5) is 15.8 Å². The molecular formula is C17H16FN3. The molecule has 0 fully saturated rings. The van der Waals surface area contributed by atoms with Crippen molar-refractivity contribution in [2.24, 2.45) is 0 Å². The Balaban J connectivity index is 1.97. The molecule has 0 aliphatic carbocycles. The Kier molecular flexibility index (Phi) is 3.44. The van der Waals surface area contributed by atoms with Crippen LogP contribution in [0.5, 0.6) is 0 Å². The molecule has 0 atom stereocenters. The van der Waals surface area contributed by atoms with Gasteiger partial charge >= 0.3 is 0 Å². The number of halogens is 1. The quantitative estimate of drug-likeness (QED) is 0.746. The normalized spacial score (nSPS) is 10.8. The molecule has 0 unspecified atom stereocenters. The van der Waals surface area contributed by atoms with E-state index in [9.17, 15) is 4.39 Å². The molecule has 1 aromatic heterocycles. The summed E-state index contributed by atoms with van der Waals surface area (Å²) in [5.41, 5.74) is 9.48. The predicted octanol–water partition coefficient (Wildman–Crippen LogP) is 3.59. The third kappa shape index (κ3) is 2.65. The van der Waals surface area contributed by atoms with E-state index in [1.807, 2.05) is 42.3 Å². The van der Waals surface area contributed by atoms with E-state index in [-0.39, 0.29) is 5.82 Å². The van der Waals surface area contributed by atoms with Crippen LogP contribution in [-0.4, -0.2) is 12.0 Å². The summed E-state index contributed by atoms with van der Waals surface area (Å²) in [6.45, 7) is 0.636. The predicted molar refractivity (Wildman–Crippen MR) is 84.7 cm³/mol. The molecule has 0 saturated carbocycles. The Bertz CT molecular complexity index is 786.